The van der Waals surface area contributed by atoms with Crippen molar-refractivity contribution in [3.8, 4) is 0 Å². The van der Waals surface area contributed by atoms with E-state index in [4.69, 9.17) is 0 Å². The van der Waals surface area contributed by atoms with Gasteiger partial charge in [0, 0.05) is 41.9 Å². The molecule has 1 atom stereocenters. The van der Waals surface area contributed by atoms with Crippen LogP contribution in [0.25, 0.3) is 10.9 Å². The number of carbonyl (C=O) groups excluding carboxylic acids is 2. The first-order chi connectivity index (χ1) is 13.5. The van der Waals surface area contributed by atoms with E-state index in [1.165, 1.54) is 0 Å². The van der Waals surface area contributed by atoms with Gasteiger partial charge in [0.1, 0.15) is 0 Å². The number of carbonyl (C=O) groups is 2. The van der Waals surface area contributed by atoms with Crippen molar-refractivity contribution in [3.63, 3.8) is 0 Å². The van der Waals surface area contributed by atoms with Crippen molar-refractivity contribution in [3.05, 3.63) is 34.4 Å². The molecule has 8 heteroatoms. The number of fused-ring (bicyclic) bond motifs is 1. The molecule has 2 fully saturated rings. The highest BCUT2D eigenvalue weighted by atomic mass is 79.9. The van der Waals surface area contributed by atoms with Crippen LogP contribution in [0.1, 0.15) is 31.4 Å². The number of aromatic nitrogens is 1. The lowest BCUT2D eigenvalue weighted by molar-refractivity contribution is 0.116. The molecule has 4 amide bonds. The third-order valence-electron chi connectivity index (χ3n) is 5.54. The maximum atomic E-state index is 13.0. The molecule has 3 N–H and O–H groups in total. The zero-order valence-corrected chi connectivity index (χ0v) is 17.6. The minimum atomic E-state index is -0.0647. The summed E-state index contributed by atoms with van der Waals surface area (Å²) in [6.45, 7) is 1.81. The third-order valence-corrected chi connectivity index (χ3v) is 6.03. The normalized spacial score (nSPS) is 19.5. The van der Waals surface area contributed by atoms with Crippen molar-refractivity contribution in [2.24, 2.45) is 0 Å². The summed E-state index contributed by atoms with van der Waals surface area (Å²) in [5.74, 6) is 0. The zero-order chi connectivity index (χ0) is 19.7. The van der Waals surface area contributed by atoms with E-state index in [2.05, 4.69) is 37.6 Å². The van der Waals surface area contributed by atoms with E-state index in [1.807, 2.05) is 28.0 Å². The van der Waals surface area contributed by atoms with Crippen molar-refractivity contribution in [1.82, 2.24) is 25.4 Å². The van der Waals surface area contributed by atoms with Gasteiger partial charge >= 0.3 is 12.1 Å². The van der Waals surface area contributed by atoms with Crippen LogP contribution in [0.3, 0.4) is 0 Å². The fourth-order valence-electron chi connectivity index (χ4n) is 4.02. The lowest BCUT2D eigenvalue weighted by atomic mass is 10.0. The molecule has 2 aliphatic rings. The standard InChI is InChI=1S/C20H26BrN5O2/c1-22-19(27)25-8-2-3-17(12-25)26(16-6-7-16)20(28)23-11-15-9-13-4-5-14(21)10-18(13)24-15/h4-5,9-10,16-17,24H,2-3,6-8,11-12H2,1H3,(H,22,27)(H,23,28)/t17-/m1/s1. The number of nitrogens with zero attached hydrogens (tertiary/aromatic N) is 2. The van der Waals surface area contributed by atoms with Crippen molar-refractivity contribution >= 4 is 38.9 Å². The SMILES string of the molecule is CNC(=O)N1CCC[C@@H](N(C(=O)NCc2cc3ccc(Br)cc3[nH]2)C2CC2)C1. The van der Waals surface area contributed by atoms with Gasteiger partial charge in [0.05, 0.1) is 12.6 Å². The number of amides is 4. The number of piperidine rings is 1. The van der Waals surface area contributed by atoms with Gasteiger partial charge in [0.15, 0.2) is 0 Å². The van der Waals surface area contributed by atoms with Crippen LogP contribution >= 0.6 is 15.9 Å². The van der Waals surface area contributed by atoms with E-state index in [0.717, 1.165) is 53.3 Å². The summed E-state index contributed by atoms with van der Waals surface area (Å²) in [7, 11) is 1.65. The van der Waals surface area contributed by atoms with Gasteiger partial charge in [0.2, 0.25) is 0 Å². The highest BCUT2D eigenvalue weighted by molar-refractivity contribution is 9.10. The van der Waals surface area contributed by atoms with Crippen LogP contribution < -0.4 is 10.6 Å². The molecule has 1 saturated carbocycles. The molecule has 2 aromatic rings. The third kappa shape index (κ3) is 4.11. The molecule has 0 unspecified atom stereocenters. The van der Waals surface area contributed by atoms with E-state index in [9.17, 15) is 9.59 Å². The number of hydrogen-bond donors (Lipinski definition) is 3. The van der Waals surface area contributed by atoms with Gasteiger partial charge in [-0.1, -0.05) is 22.0 Å². The second-order valence-electron chi connectivity index (χ2n) is 7.62. The summed E-state index contributed by atoms with van der Waals surface area (Å²) in [6, 6.07) is 8.44. The molecule has 1 aliphatic heterocycles. The Balaban J connectivity index is 1.41. The number of urea groups is 2. The van der Waals surface area contributed by atoms with E-state index < -0.39 is 0 Å². The molecule has 4 rings (SSSR count). The summed E-state index contributed by atoms with van der Waals surface area (Å²) >= 11 is 3.48. The average molecular weight is 448 g/mol. The second-order valence-corrected chi connectivity index (χ2v) is 8.54. The topological polar surface area (TPSA) is 80.5 Å². The fourth-order valence-corrected chi connectivity index (χ4v) is 4.38. The van der Waals surface area contributed by atoms with Crippen molar-refractivity contribution in [2.75, 3.05) is 20.1 Å². The number of nitrogens with one attached hydrogen (secondary N) is 3. The lowest BCUT2D eigenvalue weighted by Crippen LogP contribution is -2.56. The van der Waals surface area contributed by atoms with E-state index >= 15 is 0 Å². The van der Waals surface area contributed by atoms with Crippen molar-refractivity contribution in [1.29, 1.82) is 0 Å². The summed E-state index contributed by atoms with van der Waals surface area (Å²) in [4.78, 5) is 32.1. The molecular weight excluding hydrogens is 422 g/mol. The average Bonchev–Trinajstić information content (AvgIpc) is 3.44. The summed E-state index contributed by atoms with van der Waals surface area (Å²) in [5.41, 5.74) is 2.03. The quantitative estimate of drug-likeness (QED) is 0.670. The number of benzene rings is 1. The molecule has 7 nitrogen and oxygen atoms in total. The lowest BCUT2D eigenvalue weighted by Gasteiger charge is -2.39. The van der Waals surface area contributed by atoms with Gasteiger partial charge in [-0.2, -0.15) is 0 Å². The first kappa shape index (κ1) is 19.1. The maximum absolute atomic E-state index is 13.0. The fraction of sp³-hybridized carbons (Fsp3) is 0.500. The number of H-pyrrole nitrogens is 1. The number of aromatic amines is 1. The zero-order valence-electron chi connectivity index (χ0n) is 16.0. The van der Waals surface area contributed by atoms with Gasteiger partial charge < -0.3 is 25.4 Å². The molecule has 0 radical (unpaired) electrons. The van der Waals surface area contributed by atoms with Crippen molar-refractivity contribution in [2.45, 2.75) is 44.3 Å². The molecular formula is C20H26BrN5O2. The van der Waals surface area contributed by atoms with Crippen LogP contribution in [0.15, 0.2) is 28.7 Å². The summed E-state index contributed by atoms with van der Waals surface area (Å²) in [6.07, 6.45) is 3.96. The Hall–Kier alpha value is -2.22. The first-order valence-electron chi connectivity index (χ1n) is 9.85. The highest BCUT2D eigenvalue weighted by Crippen LogP contribution is 2.31. The number of hydrogen-bond acceptors (Lipinski definition) is 2. The highest BCUT2D eigenvalue weighted by Gasteiger charge is 2.39. The maximum Gasteiger partial charge on any atom is 0.318 e. The Labute approximate surface area is 172 Å². The van der Waals surface area contributed by atoms with E-state index in [1.54, 1.807) is 7.05 Å². The van der Waals surface area contributed by atoms with E-state index in [-0.39, 0.29) is 18.1 Å². The Bertz CT molecular complexity index is 879. The Kier molecular flexibility index (Phi) is 5.48. The minimum absolute atomic E-state index is 0.0360. The molecule has 2 heterocycles. The summed E-state index contributed by atoms with van der Waals surface area (Å²) in [5, 5.41) is 6.89. The number of rotatable bonds is 4. The molecule has 1 saturated heterocycles. The summed E-state index contributed by atoms with van der Waals surface area (Å²) < 4.78 is 1.02. The van der Waals surface area contributed by atoms with E-state index in [0.29, 0.717) is 19.1 Å². The number of halogens is 1. The minimum Gasteiger partial charge on any atom is -0.357 e. The van der Waals surface area contributed by atoms with Gasteiger partial charge in [-0.15, -0.1) is 0 Å². The molecule has 1 aromatic heterocycles. The van der Waals surface area contributed by atoms with Gasteiger partial charge in [-0.05, 0) is 49.3 Å². The van der Waals surface area contributed by atoms with Crippen LogP contribution in [0.5, 0.6) is 0 Å². The van der Waals surface area contributed by atoms with Gasteiger partial charge in [-0.3, -0.25) is 0 Å². The largest absolute Gasteiger partial charge is 0.357 e. The van der Waals surface area contributed by atoms with Crippen LogP contribution in [-0.2, 0) is 6.54 Å². The van der Waals surface area contributed by atoms with Crippen LogP contribution in [0.2, 0.25) is 0 Å². The van der Waals surface area contributed by atoms with Crippen LogP contribution in [-0.4, -0.2) is 59.1 Å². The first-order valence-corrected chi connectivity index (χ1v) is 10.6. The Morgan fingerprint density at radius 2 is 2.07 bits per heavy atom. The second kappa shape index (κ2) is 8.03. The van der Waals surface area contributed by atoms with Gasteiger partial charge in [-0.25, -0.2) is 9.59 Å². The molecule has 28 heavy (non-hydrogen) atoms. The molecule has 0 spiro atoms. The Morgan fingerprint density at radius 3 is 2.82 bits per heavy atom. The Morgan fingerprint density at radius 1 is 1.25 bits per heavy atom. The molecule has 1 aliphatic carbocycles. The predicted molar refractivity (Wildman–Crippen MR) is 112 cm³/mol. The monoisotopic (exact) mass is 447 g/mol. The van der Waals surface area contributed by atoms with Crippen LogP contribution in [0.4, 0.5) is 9.59 Å². The van der Waals surface area contributed by atoms with Gasteiger partial charge in [0.25, 0.3) is 0 Å². The number of likely N-dealkylation sites (tertiary alicyclic amines) is 1. The van der Waals surface area contributed by atoms with Crippen molar-refractivity contribution < 1.29 is 9.59 Å². The van der Waals surface area contributed by atoms with Crippen LogP contribution in [0, 0.1) is 0 Å². The predicted octanol–water partition coefficient (Wildman–Crippen LogP) is 3.41. The molecule has 0 bridgehead atoms. The smallest absolute Gasteiger partial charge is 0.318 e. The molecule has 1 aromatic carbocycles. The molecule has 150 valence electrons.